The van der Waals surface area contributed by atoms with Crippen LogP contribution in [0.2, 0.25) is 0 Å². The van der Waals surface area contributed by atoms with Crippen LogP contribution in [0.1, 0.15) is 34.3 Å². The summed E-state index contributed by atoms with van der Waals surface area (Å²) in [5.41, 5.74) is 2.69. The van der Waals surface area contributed by atoms with Crippen molar-refractivity contribution in [2.24, 2.45) is 0 Å². The molecule has 0 aromatic heterocycles. The lowest BCUT2D eigenvalue weighted by Crippen LogP contribution is -2.27. The van der Waals surface area contributed by atoms with Gasteiger partial charge in [0.15, 0.2) is 6.61 Å². The number of nitrogens with zero attached hydrogens (tertiary/aromatic N) is 1. The van der Waals surface area contributed by atoms with Gasteiger partial charge in [-0.05, 0) is 63.1 Å². The second kappa shape index (κ2) is 8.75. The Morgan fingerprint density at radius 2 is 1.59 bits per heavy atom. The Balaban J connectivity index is 1.56. The standard InChI is InChI=1S/C21H24N2O5S/c1-15-11-16(2)13-17(12-15)21(25)28-14-20(24)22-18-5-7-19(8-6-18)29(26,27)23-9-3-4-10-23/h5-8,11-13H,3-4,9-10,14H2,1-2H3,(H,22,24). The Hall–Kier alpha value is -2.71. The Morgan fingerprint density at radius 3 is 2.17 bits per heavy atom. The zero-order chi connectivity index (χ0) is 21.0. The number of amides is 1. The van der Waals surface area contributed by atoms with E-state index >= 15 is 0 Å². The van der Waals surface area contributed by atoms with Crippen LogP contribution in [-0.2, 0) is 19.6 Å². The fourth-order valence-corrected chi connectivity index (χ4v) is 4.81. The van der Waals surface area contributed by atoms with Crippen molar-refractivity contribution in [2.75, 3.05) is 25.0 Å². The van der Waals surface area contributed by atoms with Gasteiger partial charge < -0.3 is 10.1 Å². The van der Waals surface area contributed by atoms with Crippen LogP contribution in [0.5, 0.6) is 0 Å². The van der Waals surface area contributed by atoms with Crippen molar-refractivity contribution in [3.63, 3.8) is 0 Å². The van der Waals surface area contributed by atoms with Gasteiger partial charge in [-0.3, -0.25) is 4.79 Å². The van der Waals surface area contributed by atoms with E-state index in [1.165, 1.54) is 28.6 Å². The van der Waals surface area contributed by atoms with E-state index in [0.29, 0.717) is 24.3 Å². The lowest BCUT2D eigenvalue weighted by atomic mass is 10.1. The van der Waals surface area contributed by atoms with Crippen LogP contribution in [-0.4, -0.2) is 44.3 Å². The number of carbonyl (C=O) groups excluding carboxylic acids is 2. The van der Waals surface area contributed by atoms with E-state index in [0.717, 1.165) is 24.0 Å². The molecule has 0 aliphatic carbocycles. The zero-order valence-electron chi connectivity index (χ0n) is 16.5. The second-order valence-corrected chi connectivity index (χ2v) is 9.07. The van der Waals surface area contributed by atoms with Crippen LogP contribution in [0, 0.1) is 13.8 Å². The molecule has 0 atom stereocenters. The minimum Gasteiger partial charge on any atom is -0.452 e. The van der Waals surface area contributed by atoms with Crippen molar-refractivity contribution in [2.45, 2.75) is 31.6 Å². The molecule has 0 bridgehead atoms. The number of anilines is 1. The molecule has 1 N–H and O–H groups in total. The van der Waals surface area contributed by atoms with Gasteiger partial charge >= 0.3 is 5.97 Å². The maximum atomic E-state index is 12.5. The first-order chi connectivity index (χ1) is 13.8. The third-order valence-electron chi connectivity index (χ3n) is 4.63. The first-order valence-corrected chi connectivity index (χ1v) is 10.9. The highest BCUT2D eigenvalue weighted by Crippen LogP contribution is 2.22. The van der Waals surface area contributed by atoms with E-state index in [1.807, 2.05) is 19.9 Å². The van der Waals surface area contributed by atoms with Crippen LogP contribution in [0.15, 0.2) is 47.4 Å². The smallest absolute Gasteiger partial charge is 0.338 e. The molecular weight excluding hydrogens is 392 g/mol. The highest BCUT2D eigenvalue weighted by Gasteiger charge is 2.26. The third-order valence-corrected chi connectivity index (χ3v) is 6.55. The predicted molar refractivity (Wildman–Crippen MR) is 109 cm³/mol. The Morgan fingerprint density at radius 1 is 1.00 bits per heavy atom. The number of esters is 1. The number of rotatable bonds is 6. The molecule has 1 heterocycles. The number of sulfonamides is 1. The van der Waals surface area contributed by atoms with Crippen LogP contribution in [0.4, 0.5) is 5.69 Å². The largest absolute Gasteiger partial charge is 0.452 e. The van der Waals surface area contributed by atoms with Crippen molar-refractivity contribution in [1.29, 1.82) is 0 Å². The van der Waals surface area contributed by atoms with Crippen LogP contribution in [0.3, 0.4) is 0 Å². The Bertz CT molecular complexity index is 990. The van der Waals surface area contributed by atoms with Gasteiger partial charge in [-0.1, -0.05) is 17.2 Å². The molecule has 2 aromatic carbocycles. The predicted octanol–water partition coefficient (Wildman–Crippen LogP) is 2.88. The summed E-state index contributed by atoms with van der Waals surface area (Å²) in [5, 5.41) is 2.60. The topological polar surface area (TPSA) is 92.8 Å². The van der Waals surface area contributed by atoms with Gasteiger partial charge in [0.25, 0.3) is 5.91 Å². The molecule has 0 unspecified atom stereocenters. The fraction of sp³-hybridized carbons (Fsp3) is 0.333. The van der Waals surface area contributed by atoms with Gasteiger partial charge in [0.05, 0.1) is 10.5 Å². The molecule has 29 heavy (non-hydrogen) atoms. The normalized spacial score (nSPS) is 14.6. The van der Waals surface area contributed by atoms with Crippen molar-refractivity contribution < 1.29 is 22.7 Å². The van der Waals surface area contributed by atoms with Gasteiger partial charge in [0, 0.05) is 18.8 Å². The summed E-state index contributed by atoms with van der Waals surface area (Å²) in [5.74, 6) is -1.07. The van der Waals surface area contributed by atoms with Crippen LogP contribution in [0.25, 0.3) is 0 Å². The molecule has 0 spiro atoms. The number of aryl methyl sites for hydroxylation is 2. The van der Waals surface area contributed by atoms with E-state index in [1.54, 1.807) is 12.1 Å². The molecule has 1 fully saturated rings. The highest BCUT2D eigenvalue weighted by molar-refractivity contribution is 7.89. The van der Waals surface area contributed by atoms with E-state index < -0.39 is 28.5 Å². The Kier molecular flexibility index (Phi) is 6.34. The number of benzene rings is 2. The molecule has 1 aliphatic heterocycles. The molecule has 2 aromatic rings. The summed E-state index contributed by atoms with van der Waals surface area (Å²) in [6.45, 7) is 4.40. The van der Waals surface area contributed by atoms with Crippen LogP contribution >= 0.6 is 0 Å². The molecule has 8 heteroatoms. The lowest BCUT2D eigenvalue weighted by molar-refractivity contribution is -0.119. The van der Waals surface area contributed by atoms with Crippen molar-refractivity contribution in [1.82, 2.24) is 4.31 Å². The molecule has 0 saturated carbocycles. The van der Waals surface area contributed by atoms with Gasteiger partial charge in [-0.2, -0.15) is 4.31 Å². The van der Waals surface area contributed by atoms with Gasteiger partial charge in [0.2, 0.25) is 10.0 Å². The minimum absolute atomic E-state index is 0.193. The molecule has 154 valence electrons. The summed E-state index contributed by atoms with van der Waals surface area (Å²) in [4.78, 5) is 24.4. The highest BCUT2D eigenvalue weighted by atomic mass is 32.2. The first-order valence-electron chi connectivity index (χ1n) is 9.41. The van der Waals surface area contributed by atoms with E-state index in [2.05, 4.69) is 5.32 Å². The molecule has 1 aliphatic rings. The molecule has 7 nitrogen and oxygen atoms in total. The van der Waals surface area contributed by atoms with E-state index in [4.69, 9.17) is 4.74 Å². The van der Waals surface area contributed by atoms with Crippen LogP contribution < -0.4 is 5.32 Å². The average molecular weight is 416 g/mol. The van der Waals surface area contributed by atoms with E-state index in [9.17, 15) is 18.0 Å². The van der Waals surface area contributed by atoms with Crippen molar-refractivity contribution >= 4 is 27.6 Å². The maximum Gasteiger partial charge on any atom is 0.338 e. The summed E-state index contributed by atoms with van der Waals surface area (Å²) in [7, 11) is -3.49. The van der Waals surface area contributed by atoms with Gasteiger partial charge in [0.1, 0.15) is 0 Å². The quantitative estimate of drug-likeness (QED) is 0.731. The molecule has 1 amide bonds. The Labute approximate surface area is 170 Å². The summed E-state index contributed by atoms with van der Waals surface area (Å²) >= 11 is 0. The van der Waals surface area contributed by atoms with Gasteiger partial charge in [-0.25, -0.2) is 13.2 Å². The average Bonchev–Trinajstić information content (AvgIpc) is 3.21. The molecular formula is C21H24N2O5S. The maximum absolute atomic E-state index is 12.5. The molecule has 1 saturated heterocycles. The monoisotopic (exact) mass is 416 g/mol. The zero-order valence-corrected chi connectivity index (χ0v) is 17.3. The number of carbonyl (C=O) groups is 2. The van der Waals surface area contributed by atoms with E-state index in [-0.39, 0.29) is 4.90 Å². The number of hydrogen-bond donors (Lipinski definition) is 1. The van der Waals surface area contributed by atoms with Crippen molar-refractivity contribution in [3.05, 3.63) is 59.2 Å². The lowest BCUT2D eigenvalue weighted by Gasteiger charge is -2.15. The second-order valence-electron chi connectivity index (χ2n) is 7.14. The first kappa shape index (κ1) is 21.0. The number of hydrogen-bond acceptors (Lipinski definition) is 5. The number of nitrogens with one attached hydrogen (secondary N) is 1. The van der Waals surface area contributed by atoms with Gasteiger partial charge in [-0.15, -0.1) is 0 Å². The van der Waals surface area contributed by atoms with Crippen molar-refractivity contribution in [3.8, 4) is 0 Å². The minimum atomic E-state index is -3.49. The molecule has 0 radical (unpaired) electrons. The third kappa shape index (κ3) is 5.21. The summed E-state index contributed by atoms with van der Waals surface area (Å²) in [6.07, 6.45) is 1.74. The summed E-state index contributed by atoms with van der Waals surface area (Å²) in [6, 6.07) is 11.3. The fourth-order valence-electron chi connectivity index (χ4n) is 3.29. The number of ether oxygens (including phenoxy) is 1. The SMILES string of the molecule is Cc1cc(C)cc(C(=O)OCC(=O)Nc2ccc(S(=O)(=O)N3CCCC3)cc2)c1. The summed E-state index contributed by atoms with van der Waals surface area (Å²) < 4.78 is 31.5. The molecule has 3 rings (SSSR count).